The van der Waals surface area contributed by atoms with Gasteiger partial charge in [-0.1, -0.05) is 29.3 Å². The van der Waals surface area contributed by atoms with Crippen LogP contribution in [-0.2, 0) is 22.8 Å². The molecule has 0 saturated heterocycles. The summed E-state index contributed by atoms with van der Waals surface area (Å²) in [6, 6.07) is 7.53. The molecular formula is C23H22Cl2FN5O4S. The SMILES string of the molecule is Cc1nn(CCS(C)(=O)=O)c(C)c1-c1nnc(Cc2ccc(Cl)c(Oc3cc(N)cc(Cl)c3)c2F)o1. The number of hydrogen-bond donors (Lipinski definition) is 1. The van der Waals surface area contributed by atoms with Crippen molar-refractivity contribution in [1.82, 2.24) is 20.0 Å². The lowest BCUT2D eigenvalue weighted by Crippen LogP contribution is -2.13. The van der Waals surface area contributed by atoms with Crippen molar-refractivity contribution in [2.75, 3.05) is 17.7 Å². The Morgan fingerprint density at radius 2 is 1.92 bits per heavy atom. The van der Waals surface area contributed by atoms with Crippen LogP contribution in [0, 0.1) is 19.7 Å². The summed E-state index contributed by atoms with van der Waals surface area (Å²) in [7, 11) is -3.15. The summed E-state index contributed by atoms with van der Waals surface area (Å²) >= 11 is 12.2. The van der Waals surface area contributed by atoms with Gasteiger partial charge in [-0.15, -0.1) is 10.2 Å². The standard InChI is InChI=1S/C23H22Cl2FN5O4S/c1-12-20(13(2)31(30-12)6-7-36(3,32)33)23-29-28-19(35-23)8-14-4-5-18(25)22(21(14)26)34-17-10-15(24)9-16(27)11-17/h4-5,9-11H,6-8,27H2,1-3H3. The number of ether oxygens (including phenoxy) is 1. The summed E-state index contributed by atoms with van der Waals surface area (Å²) in [5, 5.41) is 12.9. The Morgan fingerprint density at radius 3 is 2.61 bits per heavy atom. The van der Waals surface area contributed by atoms with Crippen LogP contribution >= 0.6 is 23.2 Å². The zero-order valence-electron chi connectivity index (χ0n) is 19.5. The Bertz CT molecular complexity index is 1530. The molecule has 0 fully saturated rings. The van der Waals surface area contributed by atoms with Crippen LogP contribution in [0.15, 0.2) is 34.7 Å². The Labute approximate surface area is 216 Å². The predicted molar refractivity (Wildman–Crippen MR) is 135 cm³/mol. The topological polar surface area (TPSA) is 126 Å². The lowest BCUT2D eigenvalue weighted by atomic mass is 10.1. The maximum absolute atomic E-state index is 15.3. The maximum Gasteiger partial charge on any atom is 0.251 e. The average molecular weight is 554 g/mol. The van der Waals surface area contributed by atoms with E-state index < -0.39 is 15.7 Å². The van der Waals surface area contributed by atoms with E-state index in [1.54, 1.807) is 18.5 Å². The number of nitrogen functional groups attached to an aromatic ring is 1. The molecular weight excluding hydrogens is 532 g/mol. The first-order valence-corrected chi connectivity index (χ1v) is 13.5. The van der Waals surface area contributed by atoms with Crippen LogP contribution in [0.2, 0.25) is 10.0 Å². The van der Waals surface area contributed by atoms with Crippen molar-refractivity contribution in [2.45, 2.75) is 26.8 Å². The summed E-state index contributed by atoms with van der Waals surface area (Å²) in [6.07, 6.45) is 1.14. The quantitative estimate of drug-likeness (QED) is 0.302. The van der Waals surface area contributed by atoms with Gasteiger partial charge >= 0.3 is 0 Å². The number of hydrogen-bond acceptors (Lipinski definition) is 8. The van der Waals surface area contributed by atoms with Crippen LogP contribution in [0.3, 0.4) is 0 Å². The molecule has 36 heavy (non-hydrogen) atoms. The van der Waals surface area contributed by atoms with Crippen LogP contribution in [0.1, 0.15) is 22.8 Å². The van der Waals surface area contributed by atoms with E-state index in [4.69, 9.17) is 38.1 Å². The lowest BCUT2D eigenvalue weighted by Gasteiger charge is -2.12. The van der Waals surface area contributed by atoms with Crippen molar-refractivity contribution in [3.63, 3.8) is 0 Å². The summed E-state index contributed by atoms with van der Waals surface area (Å²) in [5.74, 6) is -0.336. The van der Waals surface area contributed by atoms with Crippen LogP contribution in [0.5, 0.6) is 11.5 Å². The number of rotatable bonds is 8. The molecule has 0 aliphatic carbocycles. The molecule has 0 atom stereocenters. The minimum Gasteiger partial charge on any atom is -0.453 e. The fourth-order valence-electron chi connectivity index (χ4n) is 3.63. The van der Waals surface area contributed by atoms with E-state index in [1.807, 2.05) is 0 Å². The Balaban J connectivity index is 1.58. The lowest BCUT2D eigenvalue weighted by molar-refractivity contribution is 0.437. The normalized spacial score (nSPS) is 11.7. The largest absolute Gasteiger partial charge is 0.453 e. The van der Waals surface area contributed by atoms with Crippen molar-refractivity contribution < 1.29 is 22.0 Å². The van der Waals surface area contributed by atoms with Crippen molar-refractivity contribution in [3.05, 3.63) is 69.0 Å². The second-order valence-electron chi connectivity index (χ2n) is 8.25. The highest BCUT2D eigenvalue weighted by molar-refractivity contribution is 7.90. The highest BCUT2D eigenvalue weighted by Crippen LogP contribution is 2.36. The summed E-state index contributed by atoms with van der Waals surface area (Å²) < 4.78 is 51.4. The Morgan fingerprint density at radius 1 is 1.17 bits per heavy atom. The van der Waals surface area contributed by atoms with E-state index in [9.17, 15) is 8.42 Å². The van der Waals surface area contributed by atoms with E-state index in [2.05, 4.69) is 15.3 Å². The molecule has 2 N–H and O–H groups in total. The number of benzene rings is 2. The highest BCUT2D eigenvalue weighted by Gasteiger charge is 2.22. The van der Waals surface area contributed by atoms with Gasteiger partial charge in [0, 0.05) is 34.3 Å². The summed E-state index contributed by atoms with van der Waals surface area (Å²) in [6.45, 7) is 3.74. The van der Waals surface area contributed by atoms with Gasteiger partial charge in [-0.2, -0.15) is 5.10 Å². The fraction of sp³-hybridized carbons (Fsp3) is 0.261. The third-order valence-electron chi connectivity index (χ3n) is 5.32. The van der Waals surface area contributed by atoms with Crippen molar-refractivity contribution in [1.29, 1.82) is 0 Å². The van der Waals surface area contributed by atoms with E-state index >= 15 is 4.39 Å². The van der Waals surface area contributed by atoms with Crippen molar-refractivity contribution in [2.24, 2.45) is 0 Å². The molecule has 4 rings (SSSR count). The fourth-order valence-corrected chi connectivity index (χ4v) is 4.55. The molecule has 0 amide bonds. The first-order valence-electron chi connectivity index (χ1n) is 10.7. The van der Waals surface area contributed by atoms with Gasteiger partial charge in [0.15, 0.2) is 11.6 Å². The van der Waals surface area contributed by atoms with Crippen LogP contribution < -0.4 is 10.5 Å². The summed E-state index contributed by atoms with van der Waals surface area (Å²) in [5.41, 5.74) is 8.23. The van der Waals surface area contributed by atoms with E-state index in [1.165, 1.54) is 36.6 Å². The van der Waals surface area contributed by atoms with Crippen molar-refractivity contribution >= 4 is 38.7 Å². The maximum atomic E-state index is 15.3. The molecule has 0 aliphatic rings. The molecule has 2 aromatic heterocycles. The molecule has 0 aliphatic heterocycles. The van der Waals surface area contributed by atoms with E-state index in [0.29, 0.717) is 27.7 Å². The molecule has 0 unspecified atom stereocenters. The molecule has 0 radical (unpaired) electrons. The van der Waals surface area contributed by atoms with E-state index in [0.717, 1.165) is 0 Å². The minimum absolute atomic E-state index is 0.0235. The number of nitrogens with zero attached hydrogens (tertiary/aromatic N) is 4. The molecule has 0 saturated carbocycles. The van der Waals surface area contributed by atoms with Gasteiger partial charge < -0.3 is 14.9 Å². The Hall–Kier alpha value is -3.15. The zero-order chi connectivity index (χ0) is 26.2. The number of anilines is 1. The van der Waals surface area contributed by atoms with Gasteiger partial charge in [-0.25, -0.2) is 12.8 Å². The van der Waals surface area contributed by atoms with E-state index in [-0.39, 0.29) is 52.6 Å². The number of nitrogens with two attached hydrogens (primary N) is 1. The van der Waals surface area contributed by atoms with Gasteiger partial charge in [0.2, 0.25) is 5.89 Å². The van der Waals surface area contributed by atoms with Gasteiger partial charge in [0.25, 0.3) is 5.89 Å². The molecule has 190 valence electrons. The molecule has 0 spiro atoms. The highest BCUT2D eigenvalue weighted by atomic mass is 35.5. The minimum atomic E-state index is -3.15. The zero-order valence-corrected chi connectivity index (χ0v) is 21.9. The van der Waals surface area contributed by atoms with Crippen molar-refractivity contribution in [3.8, 4) is 23.0 Å². The first-order chi connectivity index (χ1) is 16.9. The second kappa shape index (κ2) is 10.1. The van der Waals surface area contributed by atoms with Gasteiger partial charge in [-0.3, -0.25) is 4.68 Å². The average Bonchev–Trinajstić information content (AvgIpc) is 3.33. The molecule has 9 nitrogen and oxygen atoms in total. The van der Waals surface area contributed by atoms with Gasteiger partial charge in [0.1, 0.15) is 15.6 Å². The molecule has 0 bridgehead atoms. The second-order valence-corrected chi connectivity index (χ2v) is 11.4. The monoisotopic (exact) mass is 553 g/mol. The summed E-state index contributed by atoms with van der Waals surface area (Å²) in [4.78, 5) is 0. The van der Waals surface area contributed by atoms with Crippen LogP contribution in [0.4, 0.5) is 10.1 Å². The third kappa shape index (κ3) is 5.80. The van der Waals surface area contributed by atoms with Gasteiger partial charge in [-0.05, 0) is 32.0 Å². The Kier molecular flexibility index (Phi) is 7.26. The number of aromatic nitrogens is 4. The molecule has 4 aromatic rings. The third-order valence-corrected chi connectivity index (χ3v) is 6.76. The predicted octanol–water partition coefficient (Wildman–Crippen LogP) is 5.01. The first kappa shape index (κ1) is 25.9. The number of aryl methyl sites for hydroxylation is 2. The van der Waals surface area contributed by atoms with Crippen LogP contribution in [-0.4, -0.2) is 40.4 Å². The number of halogens is 3. The number of sulfone groups is 1. The van der Waals surface area contributed by atoms with Crippen LogP contribution in [0.25, 0.3) is 11.5 Å². The van der Waals surface area contributed by atoms with Gasteiger partial charge in [0.05, 0.1) is 35.0 Å². The molecule has 2 aromatic carbocycles. The molecule has 13 heteroatoms. The molecule has 2 heterocycles. The smallest absolute Gasteiger partial charge is 0.251 e.